The summed E-state index contributed by atoms with van der Waals surface area (Å²) in [5.41, 5.74) is 0.545. The van der Waals surface area contributed by atoms with Crippen molar-refractivity contribution in [2.24, 2.45) is 5.41 Å². The average molecular weight is 180 g/mol. The lowest BCUT2D eigenvalue weighted by atomic mass is 9.98. The molecule has 0 nitrogen and oxygen atoms in total. The minimum Gasteiger partial charge on any atom is -0.0780 e. The third-order valence-electron chi connectivity index (χ3n) is 3.05. The van der Waals surface area contributed by atoms with Crippen LogP contribution in [0.1, 0.15) is 65.2 Å². The molecule has 1 aliphatic rings. The maximum absolute atomic E-state index is 2.34. The second kappa shape index (κ2) is 5.47. The quantitative estimate of drug-likeness (QED) is 0.375. The molecule has 0 N–H and O–H groups in total. The van der Waals surface area contributed by atoms with E-state index in [4.69, 9.17) is 0 Å². The molecule has 0 saturated heterocycles. The van der Waals surface area contributed by atoms with Gasteiger partial charge in [-0.15, -0.1) is 0 Å². The van der Waals surface area contributed by atoms with Gasteiger partial charge in [-0.1, -0.05) is 70.9 Å². The molecule has 0 aromatic carbocycles. The smallest absolute Gasteiger partial charge is 0.00333 e. The molecule has 0 fully saturated rings. The van der Waals surface area contributed by atoms with Crippen molar-refractivity contribution in [2.45, 2.75) is 65.2 Å². The molecular formula is C13H24. The van der Waals surface area contributed by atoms with Crippen LogP contribution in [-0.4, -0.2) is 0 Å². The largest absolute Gasteiger partial charge is 0.0780 e. The third kappa shape index (κ3) is 5.13. The molecule has 0 unspecified atom stereocenters. The van der Waals surface area contributed by atoms with Gasteiger partial charge >= 0.3 is 0 Å². The fourth-order valence-corrected chi connectivity index (χ4v) is 1.77. The van der Waals surface area contributed by atoms with E-state index in [0.29, 0.717) is 5.41 Å². The first-order chi connectivity index (χ1) is 6.27. The highest BCUT2D eigenvalue weighted by Crippen LogP contribution is 2.38. The summed E-state index contributed by atoms with van der Waals surface area (Å²) in [5, 5.41) is 0. The molecule has 0 bridgehead atoms. The molecule has 1 rings (SSSR count). The van der Waals surface area contributed by atoms with Gasteiger partial charge in [0.05, 0.1) is 0 Å². The third-order valence-corrected chi connectivity index (χ3v) is 3.05. The summed E-state index contributed by atoms with van der Waals surface area (Å²) in [7, 11) is 0. The lowest BCUT2D eigenvalue weighted by Crippen LogP contribution is -1.94. The van der Waals surface area contributed by atoms with Crippen molar-refractivity contribution < 1.29 is 0 Å². The summed E-state index contributed by atoms with van der Waals surface area (Å²) >= 11 is 0. The van der Waals surface area contributed by atoms with E-state index in [1.165, 1.54) is 51.4 Å². The first kappa shape index (κ1) is 10.8. The zero-order chi connectivity index (χ0) is 9.57. The Morgan fingerprint density at radius 2 is 1.38 bits per heavy atom. The SMILES string of the molecule is CCCCCCCCCC1(C)C=C1. The van der Waals surface area contributed by atoms with Crippen LogP contribution in [0.5, 0.6) is 0 Å². The molecule has 0 aromatic heterocycles. The Hall–Kier alpha value is -0.260. The lowest BCUT2D eigenvalue weighted by Gasteiger charge is -2.07. The van der Waals surface area contributed by atoms with Crippen molar-refractivity contribution in [3.8, 4) is 0 Å². The summed E-state index contributed by atoms with van der Waals surface area (Å²) in [5.74, 6) is 0. The number of allylic oxidation sites excluding steroid dienone is 2. The predicted molar refractivity (Wildman–Crippen MR) is 59.9 cm³/mol. The summed E-state index contributed by atoms with van der Waals surface area (Å²) in [6.07, 6.45) is 16.1. The normalized spacial score (nSPS) is 17.7. The second-order valence-electron chi connectivity index (χ2n) is 4.71. The van der Waals surface area contributed by atoms with Gasteiger partial charge in [-0.3, -0.25) is 0 Å². The second-order valence-corrected chi connectivity index (χ2v) is 4.71. The maximum atomic E-state index is 2.34. The minimum absolute atomic E-state index is 0.545. The van der Waals surface area contributed by atoms with E-state index in [2.05, 4.69) is 26.0 Å². The predicted octanol–water partition coefficient (Wildman–Crippen LogP) is 4.70. The zero-order valence-corrected chi connectivity index (χ0v) is 9.31. The standard InChI is InChI=1S/C13H24/c1-3-4-5-6-7-8-9-10-13(2)11-12-13/h11-12H,3-10H2,1-2H3. The van der Waals surface area contributed by atoms with Crippen LogP contribution < -0.4 is 0 Å². The average Bonchev–Trinajstić information content (AvgIpc) is 2.83. The van der Waals surface area contributed by atoms with Crippen LogP contribution in [0.25, 0.3) is 0 Å². The van der Waals surface area contributed by atoms with E-state index in [0.717, 1.165) is 0 Å². The number of rotatable bonds is 8. The Balaban J connectivity index is 1.74. The van der Waals surface area contributed by atoms with E-state index in [9.17, 15) is 0 Å². The van der Waals surface area contributed by atoms with Gasteiger partial charge in [0.1, 0.15) is 0 Å². The number of unbranched alkanes of at least 4 members (excludes halogenated alkanes) is 6. The first-order valence-electron chi connectivity index (χ1n) is 5.97. The van der Waals surface area contributed by atoms with E-state index in [1.54, 1.807) is 0 Å². The van der Waals surface area contributed by atoms with Crippen molar-refractivity contribution in [3.63, 3.8) is 0 Å². The van der Waals surface area contributed by atoms with Crippen molar-refractivity contribution >= 4 is 0 Å². The number of hydrogen-bond donors (Lipinski definition) is 0. The molecular weight excluding hydrogens is 156 g/mol. The molecule has 1 aliphatic carbocycles. The summed E-state index contributed by atoms with van der Waals surface area (Å²) in [6.45, 7) is 4.61. The zero-order valence-electron chi connectivity index (χ0n) is 9.31. The van der Waals surface area contributed by atoms with Crippen LogP contribution in [0.2, 0.25) is 0 Å². The molecule has 0 heterocycles. The lowest BCUT2D eigenvalue weighted by molar-refractivity contribution is 0.502. The molecule has 0 saturated carbocycles. The topological polar surface area (TPSA) is 0 Å². The van der Waals surface area contributed by atoms with E-state index in [-0.39, 0.29) is 0 Å². The van der Waals surface area contributed by atoms with Crippen LogP contribution in [0, 0.1) is 5.41 Å². The molecule has 76 valence electrons. The molecule has 13 heavy (non-hydrogen) atoms. The minimum atomic E-state index is 0.545. The van der Waals surface area contributed by atoms with Gasteiger partial charge in [0, 0.05) is 5.41 Å². The molecule has 0 aromatic rings. The van der Waals surface area contributed by atoms with Crippen LogP contribution in [-0.2, 0) is 0 Å². The van der Waals surface area contributed by atoms with Gasteiger partial charge in [0.15, 0.2) is 0 Å². The van der Waals surface area contributed by atoms with Crippen molar-refractivity contribution in [3.05, 3.63) is 12.2 Å². The van der Waals surface area contributed by atoms with E-state index < -0.39 is 0 Å². The highest BCUT2D eigenvalue weighted by molar-refractivity contribution is 5.23. The summed E-state index contributed by atoms with van der Waals surface area (Å²) in [6, 6.07) is 0. The highest BCUT2D eigenvalue weighted by Gasteiger charge is 2.26. The molecule has 0 spiro atoms. The van der Waals surface area contributed by atoms with Gasteiger partial charge in [-0.05, 0) is 6.42 Å². The highest BCUT2D eigenvalue weighted by atomic mass is 14.3. The van der Waals surface area contributed by atoms with Crippen LogP contribution in [0.4, 0.5) is 0 Å². The Kier molecular flexibility index (Phi) is 4.55. The fourth-order valence-electron chi connectivity index (χ4n) is 1.77. The molecule has 0 heteroatoms. The van der Waals surface area contributed by atoms with Gasteiger partial charge in [-0.2, -0.15) is 0 Å². The van der Waals surface area contributed by atoms with E-state index in [1.807, 2.05) is 0 Å². The summed E-state index contributed by atoms with van der Waals surface area (Å²) in [4.78, 5) is 0. The van der Waals surface area contributed by atoms with Crippen LogP contribution >= 0.6 is 0 Å². The van der Waals surface area contributed by atoms with Crippen molar-refractivity contribution in [1.29, 1.82) is 0 Å². The van der Waals surface area contributed by atoms with Crippen LogP contribution in [0.15, 0.2) is 12.2 Å². The first-order valence-corrected chi connectivity index (χ1v) is 5.97. The summed E-state index contributed by atoms with van der Waals surface area (Å²) < 4.78 is 0. The van der Waals surface area contributed by atoms with Gasteiger partial charge < -0.3 is 0 Å². The molecule has 0 radical (unpaired) electrons. The van der Waals surface area contributed by atoms with Crippen molar-refractivity contribution in [2.75, 3.05) is 0 Å². The molecule has 0 aliphatic heterocycles. The van der Waals surface area contributed by atoms with Crippen molar-refractivity contribution in [1.82, 2.24) is 0 Å². The molecule has 0 amide bonds. The van der Waals surface area contributed by atoms with Gasteiger partial charge in [0.25, 0.3) is 0 Å². The number of hydrogen-bond acceptors (Lipinski definition) is 0. The fraction of sp³-hybridized carbons (Fsp3) is 0.846. The molecule has 0 atom stereocenters. The van der Waals surface area contributed by atoms with Gasteiger partial charge in [-0.25, -0.2) is 0 Å². The Morgan fingerprint density at radius 1 is 0.846 bits per heavy atom. The Bertz CT molecular complexity index is 149. The maximum Gasteiger partial charge on any atom is 0.00333 e. The van der Waals surface area contributed by atoms with Crippen LogP contribution in [0.3, 0.4) is 0 Å². The van der Waals surface area contributed by atoms with Gasteiger partial charge in [0.2, 0.25) is 0 Å². The Morgan fingerprint density at radius 3 is 1.92 bits per heavy atom. The monoisotopic (exact) mass is 180 g/mol. The Labute approximate surface area is 83.4 Å². The van der Waals surface area contributed by atoms with E-state index >= 15 is 0 Å².